The van der Waals surface area contributed by atoms with Crippen LogP contribution in [0.5, 0.6) is 0 Å². The lowest BCUT2D eigenvalue weighted by atomic mass is 9.88. The van der Waals surface area contributed by atoms with Gasteiger partial charge in [0.05, 0.1) is 6.10 Å². The minimum atomic E-state index is -0.206. The van der Waals surface area contributed by atoms with Crippen LogP contribution in [0.25, 0.3) is 0 Å². The zero-order chi connectivity index (χ0) is 13.9. The second-order valence-electron chi connectivity index (χ2n) is 7.63. The van der Waals surface area contributed by atoms with Gasteiger partial charge < -0.3 is 14.9 Å². The molecule has 0 aliphatic carbocycles. The molecule has 0 spiro atoms. The lowest BCUT2D eigenvalue weighted by Crippen LogP contribution is -2.44. The van der Waals surface area contributed by atoms with E-state index in [1.54, 1.807) is 0 Å². The van der Waals surface area contributed by atoms with Crippen molar-refractivity contribution >= 4 is 0 Å². The fourth-order valence-corrected chi connectivity index (χ4v) is 3.20. The standard InChI is InChI=1S/C16H32N2O/c1-16(2,3)15(19)13-18-10-6-14(7-11-18)12-17-8-4-5-9-17/h14-15,19H,4-13H2,1-3H3. The molecule has 2 aliphatic rings. The number of hydrogen-bond donors (Lipinski definition) is 1. The average molecular weight is 268 g/mol. The van der Waals surface area contributed by atoms with Crippen LogP contribution in [0.3, 0.4) is 0 Å². The Morgan fingerprint density at radius 2 is 1.58 bits per heavy atom. The lowest BCUT2D eigenvalue weighted by molar-refractivity contribution is 0.0173. The highest BCUT2D eigenvalue weighted by Crippen LogP contribution is 2.24. The quantitative estimate of drug-likeness (QED) is 0.847. The minimum absolute atomic E-state index is 0.00635. The van der Waals surface area contributed by atoms with E-state index in [1.165, 1.54) is 58.4 Å². The van der Waals surface area contributed by atoms with Crippen LogP contribution in [-0.2, 0) is 0 Å². The van der Waals surface area contributed by atoms with Crippen molar-refractivity contribution in [1.29, 1.82) is 0 Å². The third-order valence-electron chi connectivity index (χ3n) is 4.85. The minimum Gasteiger partial charge on any atom is -0.391 e. The molecule has 0 aromatic heterocycles. The number of nitrogens with zero attached hydrogens (tertiary/aromatic N) is 2. The van der Waals surface area contributed by atoms with Crippen molar-refractivity contribution in [3.8, 4) is 0 Å². The van der Waals surface area contributed by atoms with E-state index in [-0.39, 0.29) is 11.5 Å². The molecule has 112 valence electrons. The van der Waals surface area contributed by atoms with Gasteiger partial charge >= 0.3 is 0 Å². The van der Waals surface area contributed by atoms with Gasteiger partial charge in [0, 0.05) is 13.1 Å². The Kier molecular flexibility index (Phi) is 5.27. The van der Waals surface area contributed by atoms with E-state index >= 15 is 0 Å². The van der Waals surface area contributed by atoms with Gasteiger partial charge in [-0.3, -0.25) is 0 Å². The van der Waals surface area contributed by atoms with Crippen LogP contribution in [0.4, 0.5) is 0 Å². The lowest BCUT2D eigenvalue weighted by Gasteiger charge is -2.37. The van der Waals surface area contributed by atoms with Crippen molar-refractivity contribution in [2.45, 2.75) is 52.6 Å². The van der Waals surface area contributed by atoms with E-state index in [9.17, 15) is 5.11 Å². The summed E-state index contributed by atoms with van der Waals surface area (Å²) in [5.41, 5.74) is 0.00635. The summed E-state index contributed by atoms with van der Waals surface area (Å²) in [4.78, 5) is 5.10. The Balaban J connectivity index is 1.67. The molecule has 0 radical (unpaired) electrons. The van der Waals surface area contributed by atoms with Crippen LogP contribution >= 0.6 is 0 Å². The molecule has 2 saturated heterocycles. The summed E-state index contributed by atoms with van der Waals surface area (Å²) in [6, 6.07) is 0. The van der Waals surface area contributed by atoms with Crippen LogP contribution in [0.2, 0.25) is 0 Å². The van der Waals surface area contributed by atoms with Crippen molar-refractivity contribution in [3.05, 3.63) is 0 Å². The second-order valence-corrected chi connectivity index (χ2v) is 7.63. The molecule has 0 amide bonds. The SMILES string of the molecule is CC(C)(C)C(O)CN1CCC(CN2CCCC2)CC1. The van der Waals surface area contributed by atoms with E-state index in [2.05, 4.69) is 30.6 Å². The first-order valence-electron chi connectivity index (χ1n) is 8.08. The number of hydrogen-bond acceptors (Lipinski definition) is 3. The Bertz CT molecular complexity index is 260. The Hall–Kier alpha value is -0.120. The van der Waals surface area contributed by atoms with E-state index in [4.69, 9.17) is 0 Å². The summed E-state index contributed by atoms with van der Waals surface area (Å²) in [7, 11) is 0. The maximum atomic E-state index is 10.2. The predicted octanol–water partition coefficient (Wildman–Crippen LogP) is 2.20. The van der Waals surface area contributed by atoms with Gasteiger partial charge in [0.15, 0.2) is 0 Å². The number of β-amino-alcohol motifs (C(OH)–C–C–N with tert-alkyl or cyclic N) is 1. The van der Waals surface area contributed by atoms with Gasteiger partial charge in [0.2, 0.25) is 0 Å². The Morgan fingerprint density at radius 1 is 1.00 bits per heavy atom. The van der Waals surface area contributed by atoms with E-state index in [0.717, 1.165) is 12.5 Å². The largest absolute Gasteiger partial charge is 0.391 e. The molecule has 3 heteroatoms. The maximum absolute atomic E-state index is 10.2. The summed E-state index contributed by atoms with van der Waals surface area (Å²) in [6.07, 6.45) is 5.22. The fourth-order valence-electron chi connectivity index (χ4n) is 3.20. The monoisotopic (exact) mass is 268 g/mol. The molecule has 1 unspecified atom stereocenters. The molecule has 2 heterocycles. The van der Waals surface area contributed by atoms with Gasteiger partial charge in [-0.15, -0.1) is 0 Å². The van der Waals surface area contributed by atoms with Gasteiger partial charge in [0.1, 0.15) is 0 Å². The third-order valence-corrected chi connectivity index (χ3v) is 4.85. The highest BCUT2D eigenvalue weighted by atomic mass is 16.3. The highest BCUT2D eigenvalue weighted by Gasteiger charge is 2.27. The smallest absolute Gasteiger partial charge is 0.0715 e. The van der Waals surface area contributed by atoms with Crippen molar-refractivity contribution in [2.24, 2.45) is 11.3 Å². The van der Waals surface area contributed by atoms with Crippen LogP contribution < -0.4 is 0 Å². The molecule has 2 rings (SSSR count). The summed E-state index contributed by atoms with van der Waals surface area (Å²) in [5.74, 6) is 0.890. The Labute approximate surface area is 119 Å². The van der Waals surface area contributed by atoms with Gasteiger partial charge in [0.25, 0.3) is 0 Å². The summed E-state index contributed by atoms with van der Waals surface area (Å²) in [6.45, 7) is 13.5. The first kappa shape index (κ1) is 15.3. The van der Waals surface area contributed by atoms with E-state index in [0.29, 0.717) is 0 Å². The second kappa shape index (κ2) is 6.55. The van der Waals surface area contributed by atoms with Gasteiger partial charge in [-0.2, -0.15) is 0 Å². The number of aliphatic hydroxyl groups is 1. The molecule has 19 heavy (non-hydrogen) atoms. The molecule has 2 fully saturated rings. The third kappa shape index (κ3) is 4.73. The predicted molar refractivity (Wildman–Crippen MR) is 80.3 cm³/mol. The molecule has 0 aromatic carbocycles. The van der Waals surface area contributed by atoms with Gasteiger partial charge in [-0.1, -0.05) is 20.8 Å². The maximum Gasteiger partial charge on any atom is 0.0715 e. The highest BCUT2D eigenvalue weighted by molar-refractivity contribution is 4.81. The molecule has 1 N–H and O–H groups in total. The van der Waals surface area contributed by atoms with Gasteiger partial charge in [-0.05, 0) is 63.2 Å². The Morgan fingerprint density at radius 3 is 2.11 bits per heavy atom. The summed E-state index contributed by atoms with van der Waals surface area (Å²) >= 11 is 0. The number of likely N-dealkylation sites (tertiary alicyclic amines) is 2. The zero-order valence-electron chi connectivity index (χ0n) is 13.1. The molecule has 1 atom stereocenters. The van der Waals surface area contributed by atoms with Crippen LogP contribution in [-0.4, -0.2) is 60.3 Å². The molecule has 0 aromatic rings. The molecular weight excluding hydrogens is 236 g/mol. The first-order valence-corrected chi connectivity index (χ1v) is 8.08. The van der Waals surface area contributed by atoms with E-state index in [1.807, 2.05) is 0 Å². The summed E-state index contributed by atoms with van der Waals surface area (Å²) in [5, 5.41) is 10.2. The average Bonchev–Trinajstić information content (AvgIpc) is 2.83. The molecule has 0 bridgehead atoms. The fraction of sp³-hybridized carbons (Fsp3) is 1.00. The number of aliphatic hydroxyl groups excluding tert-OH is 1. The van der Waals surface area contributed by atoms with Crippen LogP contribution in [0, 0.1) is 11.3 Å². The van der Waals surface area contributed by atoms with Crippen LogP contribution in [0.15, 0.2) is 0 Å². The number of rotatable bonds is 4. The van der Waals surface area contributed by atoms with Gasteiger partial charge in [-0.25, -0.2) is 0 Å². The molecular formula is C16H32N2O. The summed E-state index contributed by atoms with van der Waals surface area (Å²) < 4.78 is 0. The number of piperidine rings is 1. The normalized spacial score (nSPS) is 25.9. The van der Waals surface area contributed by atoms with Crippen molar-refractivity contribution in [2.75, 3.05) is 39.3 Å². The molecule has 2 aliphatic heterocycles. The topological polar surface area (TPSA) is 26.7 Å². The van der Waals surface area contributed by atoms with Crippen molar-refractivity contribution < 1.29 is 5.11 Å². The van der Waals surface area contributed by atoms with Crippen LogP contribution in [0.1, 0.15) is 46.5 Å². The molecule has 3 nitrogen and oxygen atoms in total. The zero-order valence-corrected chi connectivity index (χ0v) is 13.1. The van der Waals surface area contributed by atoms with Crippen molar-refractivity contribution in [1.82, 2.24) is 9.80 Å². The molecule has 0 saturated carbocycles. The first-order chi connectivity index (χ1) is 8.95. The van der Waals surface area contributed by atoms with E-state index < -0.39 is 0 Å². The van der Waals surface area contributed by atoms with Crippen molar-refractivity contribution in [3.63, 3.8) is 0 Å².